The summed E-state index contributed by atoms with van der Waals surface area (Å²) in [6, 6.07) is 40.2. The van der Waals surface area contributed by atoms with E-state index in [1.165, 1.54) is 21.9 Å². The molecule has 0 aliphatic heterocycles. The molecule has 2 heterocycles. The molecule has 225 valence electrons. The number of nitrogens with zero attached hydrogens (tertiary/aromatic N) is 2. The van der Waals surface area contributed by atoms with Crippen LogP contribution in [-0.4, -0.2) is 18.0 Å². The van der Waals surface area contributed by atoms with Crippen LogP contribution in [0.5, 0.6) is 0 Å². The van der Waals surface area contributed by atoms with Crippen molar-refractivity contribution in [3.63, 3.8) is 0 Å². The normalized spacial score (nSPS) is 11.6. The van der Waals surface area contributed by atoms with Gasteiger partial charge in [-0.1, -0.05) is 108 Å². The maximum absolute atomic E-state index is 4.71. The molecule has 0 amide bonds. The summed E-state index contributed by atoms with van der Waals surface area (Å²) in [7, 11) is -1.31. The number of hydrogen-bond donors (Lipinski definition) is 0. The van der Waals surface area contributed by atoms with E-state index in [1.807, 2.05) is 42.7 Å². The van der Waals surface area contributed by atoms with Gasteiger partial charge in [0, 0.05) is 32.5 Å². The van der Waals surface area contributed by atoms with Crippen molar-refractivity contribution in [1.82, 2.24) is 9.97 Å². The molecule has 4 heteroatoms. The minimum absolute atomic E-state index is 0. The Kier molecular flexibility index (Phi) is 11.6. The number of rotatable bonds is 6. The fraction of sp³-hybridized carbons (Fsp3) is 0.282. The molecule has 0 saturated carbocycles. The number of aromatic nitrogens is 2. The molecule has 0 unspecified atom stereocenters. The maximum Gasteiger partial charge on any atom is 0.0795 e. The SMILES string of the molecule is CC(C)(C)Cc1ccnc(-c2[c-]cccc2)c1.CC(C)(c1ccccc1)c1cc[c-]c(-c2ccc([Si](C)(C)C)cn2)c1.[Ir]. The van der Waals surface area contributed by atoms with Crippen LogP contribution in [-0.2, 0) is 31.9 Å². The van der Waals surface area contributed by atoms with Gasteiger partial charge in [-0.15, -0.1) is 71.3 Å². The summed E-state index contributed by atoms with van der Waals surface area (Å²) in [5.41, 5.74) is 8.30. The first-order valence-corrected chi connectivity index (χ1v) is 18.3. The quantitative estimate of drug-likeness (QED) is 0.127. The largest absolute Gasteiger partial charge is 0.305 e. The van der Waals surface area contributed by atoms with Crippen LogP contribution in [0.1, 0.15) is 51.3 Å². The molecule has 0 N–H and O–H groups in total. The van der Waals surface area contributed by atoms with Crippen LogP contribution in [0.15, 0.2) is 109 Å². The topological polar surface area (TPSA) is 25.8 Å². The summed E-state index contributed by atoms with van der Waals surface area (Å²) in [4.78, 5) is 9.12. The average Bonchev–Trinajstić information content (AvgIpc) is 2.97. The third-order valence-electron chi connectivity index (χ3n) is 7.47. The molecule has 1 radical (unpaired) electrons. The van der Waals surface area contributed by atoms with Crippen molar-refractivity contribution in [2.45, 2.75) is 66.1 Å². The standard InChI is InChI=1S/C23H26NSi.C16H18N.Ir/c1-23(2,19-11-7-6-8-12-19)20-13-9-10-18(16-20)22-15-14-21(17-24-22)25(3,4)5;1-16(2,3)12-13-9-10-17-15(11-13)14-7-5-4-6-8-14;/h6-9,11-17H,1-5H3;4-7,9-11H,12H2,1-3H3;/q2*-1;. The van der Waals surface area contributed by atoms with Gasteiger partial charge in [0.05, 0.1) is 8.07 Å². The summed E-state index contributed by atoms with van der Waals surface area (Å²) in [5.74, 6) is 0. The first-order chi connectivity index (χ1) is 19.8. The zero-order valence-corrected chi connectivity index (χ0v) is 30.2. The minimum atomic E-state index is -1.31. The van der Waals surface area contributed by atoms with E-state index in [-0.39, 0.29) is 25.5 Å². The Morgan fingerprint density at radius 2 is 1.35 bits per heavy atom. The van der Waals surface area contributed by atoms with Crippen molar-refractivity contribution in [1.29, 1.82) is 0 Å². The zero-order valence-electron chi connectivity index (χ0n) is 26.8. The molecule has 2 nitrogen and oxygen atoms in total. The van der Waals surface area contributed by atoms with E-state index in [0.29, 0.717) is 5.41 Å². The Bertz CT molecular complexity index is 1570. The second kappa shape index (κ2) is 14.5. The summed E-state index contributed by atoms with van der Waals surface area (Å²) in [6.07, 6.45) is 5.00. The van der Waals surface area contributed by atoms with Gasteiger partial charge in [0.1, 0.15) is 0 Å². The van der Waals surface area contributed by atoms with E-state index in [0.717, 1.165) is 28.9 Å². The van der Waals surface area contributed by atoms with Gasteiger partial charge in [0.25, 0.3) is 0 Å². The third kappa shape index (κ3) is 9.66. The van der Waals surface area contributed by atoms with Gasteiger partial charge in [-0.2, -0.15) is 0 Å². The van der Waals surface area contributed by atoms with Crippen molar-refractivity contribution >= 4 is 13.3 Å². The van der Waals surface area contributed by atoms with Gasteiger partial charge in [0.15, 0.2) is 0 Å². The van der Waals surface area contributed by atoms with Gasteiger partial charge < -0.3 is 9.97 Å². The molecule has 0 spiro atoms. The Balaban J connectivity index is 0.000000247. The fourth-order valence-electron chi connectivity index (χ4n) is 4.92. The van der Waals surface area contributed by atoms with Crippen molar-refractivity contribution < 1.29 is 20.1 Å². The predicted molar refractivity (Wildman–Crippen MR) is 182 cm³/mol. The summed E-state index contributed by atoms with van der Waals surface area (Å²) < 4.78 is 0. The predicted octanol–water partition coefficient (Wildman–Crippen LogP) is 9.55. The van der Waals surface area contributed by atoms with Crippen LogP contribution in [0.25, 0.3) is 22.5 Å². The molecule has 0 saturated heterocycles. The molecule has 2 aromatic heterocycles. The third-order valence-corrected chi connectivity index (χ3v) is 9.50. The van der Waals surface area contributed by atoms with Crippen molar-refractivity contribution in [3.05, 3.63) is 138 Å². The summed E-state index contributed by atoms with van der Waals surface area (Å²) in [5, 5.41) is 1.39. The van der Waals surface area contributed by atoms with E-state index < -0.39 is 8.07 Å². The van der Waals surface area contributed by atoms with Crippen LogP contribution >= 0.6 is 0 Å². The fourth-order valence-corrected chi connectivity index (χ4v) is 5.95. The summed E-state index contributed by atoms with van der Waals surface area (Å²) >= 11 is 0. The molecule has 0 atom stereocenters. The van der Waals surface area contributed by atoms with Gasteiger partial charge in [-0.25, -0.2) is 0 Å². The van der Waals surface area contributed by atoms with E-state index in [1.54, 1.807) is 0 Å². The second-order valence-corrected chi connectivity index (χ2v) is 18.8. The molecule has 0 fully saturated rings. The summed E-state index contributed by atoms with van der Waals surface area (Å²) in [6.45, 7) is 18.3. The van der Waals surface area contributed by atoms with Crippen LogP contribution in [0.4, 0.5) is 0 Å². The van der Waals surface area contributed by atoms with Gasteiger partial charge in [0.2, 0.25) is 0 Å². The first kappa shape index (κ1) is 34.3. The molecule has 43 heavy (non-hydrogen) atoms. The first-order valence-electron chi connectivity index (χ1n) is 14.8. The van der Waals surface area contributed by atoms with Gasteiger partial charge in [-0.05, 0) is 45.5 Å². The number of benzene rings is 3. The molecular weight excluding hydrogens is 717 g/mol. The van der Waals surface area contributed by atoms with Crippen molar-refractivity contribution in [2.75, 3.05) is 0 Å². The Morgan fingerprint density at radius 1 is 0.651 bits per heavy atom. The van der Waals surface area contributed by atoms with E-state index in [4.69, 9.17) is 4.98 Å². The van der Waals surface area contributed by atoms with Crippen molar-refractivity contribution in [3.8, 4) is 22.5 Å². The van der Waals surface area contributed by atoms with Gasteiger partial charge in [-0.3, -0.25) is 0 Å². The van der Waals surface area contributed by atoms with Crippen molar-refractivity contribution in [2.24, 2.45) is 5.41 Å². The Labute approximate surface area is 274 Å². The minimum Gasteiger partial charge on any atom is -0.305 e. The smallest absolute Gasteiger partial charge is 0.0795 e. The maximum atomic E-state index is 4.71. The molecule has 3 aromatic carbocycles. The molecule has 0 aliphatic rings. The Morgan fingerprint density at radius 3 is 1.95 bits per heavy atom. The average molecular weight is 761 g/mol. The van der Waals surface area contributed by atoms with Crippen LogP contribution in [0.2, 0.25) is 19.6 Å². The van der Waals surface area contributed by atoms with Crippen LogP contribution in [0.3, 0.4) is 0 Å². The zero-order chi connectivity index (χ0) is 30.4. The van der Waals surface area contributed by atoms with E-state index in [9.17, 15) is 0 Å². The molecule has 0 bridgehead atoms. The number of hydrogen-bond acceptors (Lipinski definition) is 2. The monoisotopic (exact) mass is 761 g/mol. The molecular formula is C39H44IrN2Si-2. The van der Waals surface area contributed by atoms with E-state index in [2.05, 4.69) is 138 Å². The van der Waals surface area contributed by atoms with Crippen LogP contribution in [0, 0.1) is 17.5 Å². The van der Waals surface area contributed by atoms with Gasteiger partial charge >= 0.3 is 0 Å². The van der Waals surface area contributed by atoms with Crippen LogP contribution < -0.4 is 5.19 Å². The number of pyridine rings is 2. The molecule has 5 aromatic rings. The Hall–Kier alpha value is -3.17. The molecule has 0 aliphatic carbocycles. The van der Waals surface area contributed by atoms with E-state index >= 15 is 0 Å². The molecule has 5 rings (SSSR count). The second-order valence-electron chi connectivity index (χ2n) is 13.7.